The van der Waals surface area contributed by atoms with E-state index in [1.165, 1.54) is 31.2 Å². The molecule has 1 fully saturated rings. The predicted octanol–water partition coefficient (Wildman–Crippen LogP) is 3.92. The highest BCUT2D eigenvalue weighted by atomic mass is 15.0. The Labute approximate surface area is 99.3 Å². The van der Waals surface area contributed by atoms with Crippen LogP contribution in [0.25, 0.3) is 0 Å². The molecule has 0 aromatic heterocycles. The quantitative estimate of drug-likeness (QED) is 0.788. The molecule has 1 aromatic rings. The van der Waals surface area contributed by atoms with Crippen LogP contribution in [-0.4, -0.2) is 6.04 Å². The Bertz CT molecular complexity index is 300. The molecule has 0 radical (unpaired) electrons. The monoisotopic (exact) mass is 217 g/mol. The lowest BCUT2D eigenvalue weighted by atomic mass is 9.81. The van der Waals surface area contributed by atoms with E-state index >= 15 is 0 Å². The highest BCUT2D eigenvalue weighted by molar-refractivity contribution is 5.19. The molecule has 0 saturated heterocycles. The highest BCUT2D eigenvalue weighted by Crippen LogP contribution is 2.30. The molecular weight excluding hydrogens is 194 g/mol. The lowest BCUT2D eigenvalue weighted by Crippen LogP contribution is -2.42. The Hall–Kier alpha value is -0.820. The molecule has 16 heavy (non-hydrogen) atoms. The van der Waals surface area contributed by atoms with Crippen LogP contribution >= 0.6 is 0 Å². The molecule has 1 aliphatic rings. The second kappa shape index (κ2) is 5.49. The van der Waals surface area contributed by atoms with Gasteiger partial charge in [-0.1, -0.05) is 50.6 Å². The van der Waals surface area contributed by atoms with Gasteiger partial charge >= 0.3 is 0 Å². The summed E-state index contributed by atoms with van der Waals surface area (Å²) in [6, 6.07) is 12.2. The Kier molecular flexibility index (Phi) is 4.00. The van der Waals surface area contributed by atoms with E-state index in [-0.39, 0.29) is 0 Å². The van der Waals surface area contributed by atoms with Gasteiger partial charge in [0, 0.05) is 12.1 Å². The predicted molar refractivity (Wildman–Crippen MR) is 69.4 cm³/mol. The van der Waals surface area contributed by atoms with Crippen LogP contribution < -0.4 is 5.32 Å². The topological polar surface area (TPSA) is 12.0 Å². The van der Waals surface area contributed by atoms with Crippen LogP contribution in [0.5, 0.6) is 0 Å². The summed E-state index contributed by atoms with van der Waals surface area (Å²) >= 11 is 0. The minimum Gasteiger partial charge on any atom is -0.307 e. The molecule has 1 atom stereocenters. The fourth-order valence-electron chi connectivity index (χ4n) is 2.64. The van der Waals surface area contributed by atoms with E-state index in [4.69, 9.17) is 0 Å². The van der Waals surface area contributed by atoms with Gasteiger partial charge in [0.2, 0.25) is 0 Å². The molecule has 88 valence electrons. The molecule has 0 aliphatic heterocycles. The second-order valence-electron chi connectivity index (χ2n) is 5.19. The summed E-state index contributed by atoms with van der Waals surface area (Å²) in [6.07, 6.45) is 5.20. The van der Waals surface area contributed by atoms with Crippen molar-refractivity contribution in [1.82, 2.24) is 5.32 Å². The van der Waals surface area contributed by atoms with Gasteiger partial charge in [-0.2, -0.15) is 0 Å². The largest absolute Gasteiger partial charge is 0.307 e. The fourth-order valence-corrected chi connectivity index (χ4v) is 2.64. The van der Waals surface area contributed by atoms with E-state index in [0.29, 0.717) is 6.04 Å². The van der Waals surface area contributed by atoms with E-state index in [2.05, 4.69) is 49.5 Å². The summed E-state index contributed by atoms with van der Waals surface area (Å²) in [7, 11) is 0. The van der Waals surface area contributed by atoms with Crippen molar-refractivity contribution >= 4 is 0 Å². The molecule has 0 amide bonds. The lowest BCUT2D eigenvalue weighted by Gasteiger charge is -2.36. The Morgan fingerprint density at radius 1 is 1.25 bits per heavy atom. The summed E-state index contributed by atoms with van der Waals surface area (Å²) in [6.45, 7) is 4.61. The van der Waals surface area contributed by atoms with Crippen LogP contribution in [0.3, 0.4) is 0 Å². The number of hydrogen-bond donors (Lipinski definition) is 1. The third-order valence-corrected chi connectivity index (χ3v) is 3.59. The van der Waals surface area contributed by atoms with Gasteiger partial charge in [0.25, 0.3) is 0 Å². The molecule has 1 unspecified atom stereocenters. The highest BCUT2D eigenvalue weighted by Gasteiger charge is 2.27. The second-order valence-corrected chi connectivity index (χ2v) is 5.19. The molecule has 1 aromatic carbocycles. The van der Waals surface area contributed by atoms with E-state index < -0.39 is 0 Å². The lowest BCUT2D eigenvalue weighted by molar-refractivity contribution is 0.218. The maximum Gasteiger partial charge on any atom is 0.0322 e. The molecule has 1 N–H and O–H groups in total. The van der Waals surface area contributed by atoms with Gasteiger partial charge in [-0.3, -0.25) is 0 Å². The number of nitrogens with one attached hydrogen (secondary N) is 1. The average molecular weight is 217 g/mol. The van der Waals surface area contributed by atoms with E-state index in [9.17, 15) is 0 Å². The van der Waals surface area contributed by atoms with Crippen molar-refractivity contribution in [3.63, 3.8) is 0 Å². The SMILES string of the molecule is CCCC(NC1CC(C)C1)c1ccccc1. The first kappa shape index (κ1) is 11.7. The van der Waals surface area contributed by atoms with Gasteiger partial charge in [0.15, 0.2) is 0 Å². The maximum atomic E-state index is 3.80. The zero-order valence-electron chi connectivity index (χ0n) is 10.4. The normalized spacial score (nSPS) is 26.1. The first-order valence-electron chi connectivity index (χ1n) is 6.60. The summed E-state index contributed by atoms with van der Waals surface area (Å²) in [5.41, 5.74) is 1.45. The van der Waals surface area contributed by atoms with E-state index in [0.717, 1.165) is 12.0 Å². The average Bonchev–Trinajstić information content (AvgIpc) is 2.27. The van der Waals surface area contributed by atoms with Crippen LogP contribution in [0.1, 0.15) is 51.1 Å². The van der Waals surface area contributed by atoms with Crippen molar-refractivity contribution in [2.45, 2.75) is 51.6 Å². The zero-order valence-corrected chi connectivity index (χ0v) is 10.4. The molecule has 1 nitrogen and oxygen atoms in total. The van der Waals surface area contributed by atoms with E-state index in [1.807, 2.05) is 0 Å². The Morgan fingerprint density at radius 2 is 1.94 bits per heavy atom. The third kappa shape index (κ3) is 2.85. The van der Waals surface area contributed by atoms with Crippen LogP contribution in [0, 0.1) is 5.92 Å². The van der Waals surface area contributed by atoms with E-state index in [1.54, 1.807) is 0 Å². The molecule has 1 heteroatoms. The van der Waals surface area contributed by atoms with Gasteiger partial charge in [-0.25, -0.2) is 0 Å². The molecule has 1 saturated carbocycles. The first-order valence-corrected chi connectivity index (χ1v) is 6.60. The summed E-state index contributed by atoms with van der Waals surface area (Å²) < 4.78 is 0. The van der Waals surface area contributed by atoms with Gasteiger partial charge in [0.05, 0.1) is 0 Å². The van der Waals surface area contributed by atoms with Crippen LogP contribution in [0.4, 0.5) is 0 Å². The first-order chi connectivity index (χ1) is 7.79. The molecule has 0 heterocycles. The molecule has 0 bridgehead atoms. The molecule has 2 rings (SSSR count). The summed E-state index contributed by atoms with van der Waals surface area (Å²) in [4.78, 5) is 0. The standard InChI is InChI=1S/C15H23N/c1-3-7-15(13-8-5-4-6-9-13)16-14-10-12(2)11-14/h4-6,8-9,12,14-16H,3,7,10-11H2,1-2H3. The zero-order chi connectivity index (χ0) is 11.4. The molecular formula is C15H23N. The van der Waals surface area contributed by atoms with Crippen molar-refractivity contribution in [3.05, 3.63) is 35.9 Å². The smallest absolute Gasteiger partial charge is 0.0322 e. The number of hydrogen-bond acceptors (Lipinski definition) is 1. The fraction of sp³-hybridized carbons (Fsp3) is 0.600. The summed E-state index contributed by atoms with van der Waals surface area (Å²) in [5.74, 6) is 0.926. The molecule has 1 aliphatic carbocycles. The minimum atomic E-state index is 0.559. The number of rotatable bonds is 5. The van der Waals surface area contributed by atoms with Gasteiger partial charge in [0.1, 0.15) is 0 Å². The van der Waals surface area contributed by atoms with Crippen LogP contribution in [0.2, 0.25) is 0 Å². The van der Waals surface area contributed by atoms with Crippen molar-refractivity contribution in [2.24, 2.45) is 5.92 Å². The van der Waals surface area contributed by atoms with Gasteiger partial charge in [-0.15, -0.1) is 0 Å². The van der Waals surface area contributed by atoms with Crippen molar-refractivity contribution in [2.75, 3.05) is 0 Å². The van der Waals surface area contributed by atoms with Gasteiger partial charge < -0.3 is 5.32 Å². The van der Waals surface area contributed by atoms with Crippen LogP contribution in [-0.2, 0) is 0 Å². The van der Waals surface area contributed by atoms with Crippen LogP contribution in [0.15, 0.2) is 30.3 Å². The van der Waals surface area contributed by atoms with Crippen molar-refractivity contribution < 1.29 is 0 Å². The molecule has 0 spiro atoms. The van der Waals surface area contributed by atoms with Crippen molar-refractivity contribution in [3.8, 4) is 0 Å². The number of benzene rings is 1. The van der Waals surface area contributed by atoms with Gasteiger partial charge in [-0.05, 0) is 30.7 Å². The maximum absolute atomic E-state index is 3.80. The minimum absolute atomic E-state index is 0.559. The Morgan fingerprint density at radius 3 is 2.50 bits per heavy atom. The summed E-state index contributed by atoms with van der Waals surface area (Å²) in [5, 5.41) is 3.80. The van der Waals surface area contributed by atoms with Crippen molar-refractivity contribution in [1.29, 1.82) is 0 Å². The Balaban J connectivity index is 1.94. The third-order valence-electron chi connectivity index (χ3n) is 3.59.